The summed E-state index contributed by atoms with van der Waals surface area (Å²) in [5.41, 5.74) is 0.831. The summed E-state index contributed by atoms with van der Waals surface area (Å²) in [6.07, 6.45) is 4.34. The number of fused-ring (bicyclic) bond motifs is 1. The number of carbonyl (C=O) groups is 1. The van der Waals surface area contributed by atoms with Crippen LogP contribution in [0, 0.1) is 0 Å². The van der Waals surface area contributed by atoms with Crippen molar-refractivity contribution >= 4 is 17.2 Å². The van der Waals surface area contributed by atoms with Crippen LogP contribution in [-0.2, 0) is 23.2 Å². The summed E-state index contributed by atoms with van der Waals surface area (Å²) >= 11 is 1.58. The summed E-state index contributed by atoms with van der Waals surface area (Å²) in [5.74, 6) is 0.776. The molecule has 1 atom stereocenters. The van der Waals surface area contributed by atoms with Crippen LogP contribution in [0.4, 0.5) is 0 Å². The van der Waals surface area contributed by atoms with Crippen LogP contribution in [0.5, 0.6) is 0 Å². The van der Waals surface area contributed by atoms with Crippen LogP contribution >= 0.6 is 11.3 Å². The monoisotopic (exact) mass is 291 g/mol. The van der Waals surface area contributed by atoms with Crippen LogP contribution in [-0.4, -0.2) is 17.6 Å². The van der Waals surface area contributed by atoms with Crippen LogP contribution in [0.3, 0.4) is 0 Å². The number of aryl methyl sites for hydroxylation is 1. The number of aliphatic hydroxyl groups is 1. The smallest absolute Gasteiger partial charge is 0.224 e. The van der Waals surface area contributed by atoms with Gasteiger partial charge in [0.2, 0.25) is 5.91 Å². The molecule has 2 aromatic rings. The third-order valence-corrected chi connectivity index (χ3v) is 4.50. The summed E-state index contributed by atoms with van der Waals surface area (Å²) < 4.78 is 5.37. The summed E-state index contributed by atoms with van der Waals surface area (Å²) in [6.45, 7) is 0.239. The lowest BCUT2D eigenvalue weighted by atomic mass is 9.83. The zero-order valence-corrected chi connectivity index (χ0v) is 11.9. The second-order valence-electron chi connectivity index (χ2n) is 5.23. The van der Waals surface area contributed by atoms with Crippen molar-refractivity contribution in [1.29, 1.82) is 0 Å². The Morgan fingerprint density at radius 1 is 1.50 bits per heavy atom. The Bertz CT molecular complexity index is 590. The number of carbonyl (C=O) groups excluding carboxylic acids is 1. The highest BCUT2D eigenvalue weighted by molar-refractivity contribution is 7.07. The first kappa shape index (κ1) is 13.4. The molecule has 1 aliphatic rings. The predicted molar refractivity (Wildman–Crippen MR) is 76.6 cm³/mol. The zero-order valence-electron chi connectivity index (χ0n) is 11.1. The molecule has 0 aliphatic heterocycles. The maximum Gasteiger partial charge on any atom is 0.224 e. The van der Waals surface area contributed by atoms with Gasteiger partial charge in [-0.15, -0.1) is 0 Å². The van der Waals surface area contributed by atoms with E-state index in [2.05, 4.69) is 5.32 Å². The molecule has 0 saturated heterocycles. The Balaban J connectivity index is 1.62. The van der Waals surface area contributed by atoms with Gasteiger partial charge >= 0.3 is 0 Å². The number of hydrogen-bond donors (Lipinski definition) is 2. The number of nitrogens with one attached hydrogen (secondary N) is 1. The Labute approximate surface area is 121 Å². The third kappa shape index (κ3) is 2.64. The average Bonchev–Trinajstić information content (AvgIpc) is 3.08. The lowest BCUT2D eigenvalue weighted by Crippen LogP contribution is -2.43. The van der Waals surface area contributed by atoms with Gasteiger partial charge in [0.25, 0.3) is 0 Å². The molecule has 5 heteroatoms. The molecule has 1 amide bonds. The molecule has 1 aliphatic carbocycles. The molecule has 0 radical (unpaired) electrons. The molecule has 0 spiro atoms. The molecule has 106 valence electrons. The van der Waals surface area contributed by atoms with Gasteiger partial charge in [0.1, 0.15) is 11.4 Å². The highest BCUT2D eigenvalue weighted by atomic mass is 32.1. The lowest BCUT2D eigenvalue weighted by Gasteiger charge is -2.31. The Morgan fingerprint density at radius 2 is 2.40 bits per heavy atom. The van der Waals surface area contributed by atoms with Crippen LogP contribution in [0.15, 0.2) is 33.6 Å². The third-order valence-electron chi connectivity index (χ3n) is 3.76. The van der Waals surface area contributed by atoms with Crippen LogP contribution < -0.4 is 5.32 Å². The fourth-order valence-electron chi connectivity index (χ4n) is 2.69. The minimum atomic E-state index is -0.995. The van der Waals surface area contributed by atoms with Crippen molar-refractivity contribution in [3.05, 3.63) is 46.0 Å². The quantitative estimate of drug-likeness (QED) is 0.908. The van der Waals surface area contributed by atoms with Crippen molar-refractivity contribution in [2.45, 2.75) is 31.3 Å². The average molecular weight is 291 g/mol. The van der Waals surface area contributed by atoms with Crippen molar-refractivity contribution in [2.24, 2.45) is 0 Å². The van der Waals surface area contributed by atoms with Crippen LogP contribution in [0.2, 0.25) is 0 Å². The van der Waals surface area contributed by atoms with Crippen LogP contribution in [0.25, 0.3) is 0 Å². The molecule has 0 fully saturated rings. The largest absolute Gasteiger partial charge is 0.469 e. The normalized spacial score (nSPS) is 21.4. The number of amides is 1. The van der Waals surface area contributed by atoms with Crippen LogP contribution in [0.1, 0.15) is 29.7 Å². The topological polar surface area (TPSA) is 62.5 Å². The molecule has 20 heavy (non-hydrogen) atoms. The molecular formula is C15H17NO3S. The summed E-state index contributed by atoms with van der Waals surface area (Å²) in [6, 6.07) is 3.74. The van der Waals surface area contributed by atoms with E-state index in [9.17, 15) is 9.90 Å². The number of rotatable bonds is 4. The molecular weight excluding hydrogens is 274 g/mol. The lowest BCUT2D eigenvalue weighted by molar-refractivity contribution is -0.122. The first-order chi connectivity index (χ1) is 9.67. The first-order valence-corrected chi connectivity index (χ1v) is 7.69. The van der Waals surface area contributed by atoms with E-state index in [0.29, 0.717) is 12.8 Å². The Kier molecular flexibility index (Phi) is 3.63. The maximum absolute atomic E-state index is 11.9. The minimum absolute atomic E-state index is 0.0626. The molecule has 0 bridgehead atoms. The van der Waals surface area contributed by atoms with Gasteiger partial charge in [-0.25, -0.2) is 0 Å². The van der Waals surface area contributed by atoms with Gasteiger partial charge < -0.3 is 14.8 Å². The van der Waals surface area contributed by atoms with E-state index in [1.807, 2.05) is 16.8 Å². The van der Waals surface area contributed by atoms with E-state index in [1.54, 1.807) is 23.7 Å². The highest BCUT2D eigenvalue weighted by Crippen LogP contribution is 2.35. The minimum Gasteiger partial charge on any atom is -0.469 e. The second-order valence-corrected chi connectivity index (χ2v) is 6.01. The van der Waals surface area contributed by atoms with E-state index in [0.717, 1.165) is 29.7 Å². The maximum atomic E-state index is 11.9. The molecule has 4 nitrogen and oxygen atoms in total. The summed E-state index contributed by atoms with van der Waals surface area (Å²) in [5, 5.41) is 17.5. The predicted octanol–water partition coefficient (Wildman–Crippen LogP) is 2.22. The fraction of sp³-hybridized carbons (Fsp3) is 0.400. The molecule has 2 heterocycles. The second kappa shape index (κ2) is 5.42. The Hall–Kier alpha value is -1.59. The van der Waals surface area contributed by atoms with Crippen molar-refractivity contribution in [3.8, 4) is 0 Å². The molecule has 2 aromatic heterocycles. The van der Waals surface area contributed by atoms with E-state index < -0.39 is 5.60 Å². The Morgan fingerprint density at radius 3 is 3.20 bits per heavy atom. The van der Waals surface area contributed by atoms with Gasteiger partial charge in [-0.2, -0.15) is 11.3 Å². The highest BCUT2D eigenvalue weighted by Gasteiger charge is 2.36. The fourth-order valence-corrected chi connectivity index (χ4v) is 3.36. The SMILES string of the molecule is O=C(Cc1ccsc1)NCC1(O)CCCc2occc21. The number of hydrogen-bond acceptors (Lipinski definition) is 4. The van der Waals surface area contributed by atoms with Gasteiger partial charge in [0.15, 0.2) is 0 Å². The molecule has 2 N–H and O–H groups in total. The van der Waals surface area contributed by atoms with E-state index in [4.69, 9.17) is 4.42 Å². The summed E-state index contributed by atoms with van der Waals surface area (Å²) in [4.78, 5) is 11.9. The molecule has 0 aromatic carbocycles. The first-order valence-electron chi connectivity index (χ1n) is 6.74. The van der Waals surface area contributed by atoms with Crippen molar-refractivity contribution in [1.82, 2.24) is 5.32 Å². The van der Waals surface area contributed by atoms with Crippen molar-refractivity contribution in [2.75, 3.05) is 6.54 Å². The zero-order chi connectivity index (χ0) is 14.0. The van der Waals surface area contributed by atoms with E-state index in [-0.39, 0.29) is 12.5 Å². The van der Waals surface area contributed by atoms with Crippen molar-refractivity contribution in [3.63, 3.8) is 0 Å². The molecule has 3 rings (SSSR count). The van der Waals surface area contributed by atoms with Gasteiger partial charge in [0, 0.05) is 12.0 Å². The molecule has 0 saturated carbocycles. The standard InChI is InChI=1S/C15H17NO3S/c17-14(8-11-4-7-20-9-11)16-10-15(18)5-1-2-13-12(15)3-6-19-13/h3-4,6-7,9,18H,1-2,5,8,10H2,(H,16,17). The number of furan rings is 1. The summed E-state index contributed by atoms with van der Waals surface area (Å²) in [7, 11) is 0. The van der Waals surface area contributed by atoms with Gasteiger partial charge in [-0.1, -0.05) is 0 Å². The number of thiophene rings is 1. The van der Waals surface area contributed by atoms with Gasteiger partial charge in [0.05, 0.1) is 19.2 Å². The van der Waals surface area contributed by atoms with Crippen molar-refractivity contribution < 1.29 is 14.3 Å². The van der Waals surface area contributed by atoms with Gasteiger partial charge in [-0.3, -0.25) is 4.79 Å². The van der Waals surface area contributed by atoms with E-state index in [1.165, 1.54) is 0 Å². The van der Waals surface area contributed by atoms with Gasteiger partial charge in [-0.05, 0) is 41.3 Å². The molecule has 1 unspecified atom stereocenters. The van der Waals surface area contributed by atoms with E-state index >= 15 is 0 Å².